The first-order valence-corrected chi connectivity index (χ1v) is 5.94. The van der Waals surface area contributed by atoms with Crippen LogP contribution >= 0.6 is 0 Å². The van der Waals surface area contributed by atoms with Gasteiger partial charge in [0.25, 0.3) is 0 Å². The molecule has 0 radical (unpaired) electrons. The van der Waals surface area contributed by atoms with Crippen LogP contribution in [-0.4, -0.2) is 21.9 Å². The number of aromatic amines is 1. The maximum Gasteiger partial charge on any atom is 0.192 e. The molecule has 2 aliphatic heterocycles. The predicted molar refractivity (Wildman–Crippen MR) is 71.6 cm³/mol. The van der Waals surface area contributed by atoms with Crippen LogP contribution < -0.4 is 10.2 Å². The highest BCUT2D eigenvalue weighted by atomic mass is 16.5. The molecule has 0 atom stereocenters. The van der Waals surface area contributed by atoms with Crippen molar-refractivity contribution < 1.29 is 4.74 Å². The molecule has 2 aliphatic rings. The predicted octanol–water partition coefficient (Wildman–Crippen LogP) is 1.73. The number of ether oxygens (including phenoxy) is 1. The Morgan fingerprint density at radius 1 is 1.26 bits per heavy atom. The van der Waals surface area contributed by atoms with E-state index in [9.17, 15) is 4.79 Å². The van der Waals surface area contributed by atoms with Crippen molar-refractivity contribution in [1.82, 2.24) is 14.8 Å². The first kappa shape index (κ1) is 11.5. The molecule has 5 nitrogen and oxygen atoms in total. The smallest absolute Gasteiger partial charge is 0.192 e. The molecule has 0 saturated carbocycles. The van der Waals surface area contributed by atoms with E-state index in [1.165, 1.54) is 12.3 Å². The molecule has 0 saturated heterocycles. The summed E-state index contributed by atoms with van der Waals surface area (Å²) in [6.07, 6.45) is 3.22. The summed E-state index contributed by atoms with van der Waals surface area (Å²) in [6, 6.07) is 9.26. The van der Waals surface area contributed by atoms with Crippen LogP contribution in [0.4, 0.5) is 0 Å². The second-order valence-electron chi connectivity index (χ2n) is 4.25. The molecule has 1 N–H and O–H groups in total. The summed E-state index contributed by atoms with van der Waals surface area (Å²) in [4.78, 5) is 15.9. The van der Waals surface area contributed by atoms with Crippen molar-refractivity contribution in [2.24, 2.45) is 0 Å². The summed E-state index contributed by atoms with van der Waals surface area (Å²) in [5.41, 5.74) is 1.69. The molecule has 5 heteroatoms. The first-order valence-electron chi connectivity index (χ1n) is 5.94. The Morgan fingerprint density at radius 2 is 2.05 bits per heavy atom. The lowest BCUT2D eigenvalue weighted by atomic mass is 10.2. The van der Waals surface area contributed by atoms with E-state index in [0.29, 0.717) is 17.9 Å². The summed E-state index contributed by atoms with van der Waals surface area (Å²) >= 11 is 0. The zero-order chi connectivity index (χ0) is 13.2. The van der Waals surface area contributed by atoms with Crippen LogP contribution in [0.2, 0.25) is 0 Å². The Bertz CT molecular complexity index is 712. The molecule has 0 unspecified atom stereocenters. The van der Waals surface area contributed by atoms with Crippen LogP contribution in [0.15, 0.2) is 47.5 Å². The number of fused-ring (bicyclic) bond motifs is 1. The van der Waals surface area contributed by atoms with Crippen molar-refractivity contribution in [3.05, 3.63) is 58.5 Å². The highest BCUT2D eigenvalue weighted by Crippen LogP contribution is 2.17. The fourth-order valence-corrected chi connectivity index (χ4v) is 2.03. The van der Waals surface area contributed by atoms with Gasteiger partial charge in [0.05, 0.1) is 19.2 Å². The van der Waals surface area contributed by atoms with E-state index in [2.05, 4.69) is 10.1 Å². The van der Waals surface area contributed by atoms with Gasteiger partial charge in [-0.2, -0.15) is 0 Å². The lowest BCUT2D eigenvalue weighted by Gasteiger charge is -2.07. The van der Waals surface area contributed by atoms with E-state index < -0.39 is 0 Å². The topological polar surface area (TPSA) is 59.9 Å². The van der Waals surface area contributed by atoms with Crippen LogP contribution in [0.25, 0.3) is 11.4 Å². The first-order chi connectivity index (χ1) is 9.28. The number of rotatable bonds is 3. The van der Waals surface area contributed by atoms with E-state index in [4.69, 9.17) is 4.74 Å². The number of hydrogen-bond donors (Lipinski definition) is 1. The van der Waals surface area contributed by atoms with E-state index in [0.717, 1.165) is 11.3 Å². The minimum absolute atomic E-state index is 0.0188. The molecule has 96 valence electrons. The average Bonchev–Trinajstić information content (AvgIpc) is 2.84. The number of methoxy groups -OCH3 is 1. The van der Waals surface area contributed by atoms with Crippen molar-refractivity contribution in [3.8, 4) is 17.1 Å². The van der Waals surface area contributed by atoms with Crippen LogP contribution in [-0.2, 0) is 6.54 Å². The number of nitrogens with one attached hydrogen (secondary N) is 1. The maximum atomic E-state index is 11.6. The standard InChI is InChI=1S/C14H13N3O2/c1-19-11-4-2-10(3-5-11)9-17-14-12(8-16-17)13(18)6-7-15-14/h2-8,16H,9H2,1H3. The van der Waals surface area contributed by atoms with Crippen LogP contribution in [0, 0.1) is 0 Å². The molecule has 0 fully saturated rings. The molecule has 0 aliphatic carbocycles. The van der Waals surface area contributed by atoms with Gasteiger partial charge in [-0.15, -0.1) is 0 Å². The van der Waals surface area contributed by atoms with Crippen molar-refractivity contribution in [2.75, 3.05) is 7.11 Å². The Kier molecular flexibility index (Phi) is 2.79. The van der Waals surface area contributed by atoms with Gasteiger partial charge in [0.15, 0.2) is 11.3 Å². The van der Waals surface area contributed by atoms with Crippen molar-refractivity contribution in [1.29, 1.82) is 0 Å². The lowest BCUT2D eigenvalue weighted by Crippen LogP contribution is -2.09. The van der Waals surface area contributed by atoms with Gasteiger partial charge in [-0.3, -0.25) is 9.48 Å². The Hall–Kier alpha value is -2.56. The Balaban J connectivity index is 1.92. The highest BCUT2D eigenvalue weighted by Gasteiger charge is 2.12. The SMILES string of the molecule is COc1ccc(Cn2[nH]cc3c(=O)ccnc2-3)cc1. The lowest BCUT2D eigenvalue weighted by molar-refractivity contribution is 0.414. The minimum atomic E-state index is -0.0188. The monoisotopic (exact) mass is 255 g/mol. The average molecular weight is 255 g/mol. The molecule has 1 aromatic carbocycles. The zero-order valence-electron chi connectivity index (χ0n) is 10.5. The van der Waals surface area contributed by atoms with E-state index in [1.807, 2.05) is 28.9 Å². The number of nitrogens with zero attached hydrogens (tertiary/aromatic N) is 2. The largest absolute Gasteiger partial charge is 0.497 e. The molecule has 0 spiro atoms. The van der Waals surface area contributed by atoms with Crippen LogP contribution in [0.1, 0.15) is 5.56 Å². The zero-order valence-corrected chi connectivity index (χ0v) is 10.5. The van der Waals surface area contributed by atoms with Gasteiger partial charge in [-0.1, -0.05) is 12.1 Å². The number of pyridine rings is 1. The van der Waals surface area contributed by atoms with Crippen LogP contribution in [0.5, 0.6) is 5.75 Å². The quantitative estimate of drug-likeness (QED) is 0.775. The van der Waals surface area contributed by atoms with Crippen LogP contribution in [0.3, 0.4) is 0 Å². The molecule has 0 amide bonds. The summed E-state index contributed by atoms with van der Waals surface area (Å²) in [5, 5.41) is 3.05. The number of benzene rings is 1. The highest BCUT2D eigenvalue weighted by molar-refractivity contribution is 5.54. The van der Waals surface area contributed by atoms with Crippen molar-refractivity contribution in [3.63, 3.8) is 0 Å². The fraction of sp³-hybridized carbons (Fsp3) is 0.143. The summed E-state index contributed by atoms with van der Waals surface area (Å²) in [6.45, 7) is 0.629. The molecule has 0 bridgehead atoms. The van der Waals surface area contributed by atoms with Gasteiger partial charge in [0, 0.05) is 18.5 Å². The Labute approximate surface area is 109 Å². The third-order valence-corrected chi connectivity index (χ3v) is 3.05. The van der Waals surface area contributed by atoms with Gasteiger partial charge in [0.2, 0.25) is 0 Å². The molecule has 3 rings (SSSR count). The molecule has 0 aromatic heterocycles. The molecule has 19 heavy (non-hydrogen) atoms. The normalized spacial score (nSPS) is 10.8. The fourth-order valence-electron chi connectivity index (χ4n) is 2.03. The molecular weight excluding hydrogens is 242 g/mol. The van der Waals surface area contributed by atoms with E-state index in [-0.39, 0.29) is 5.43 Å². The van der Waals surface area contributed by atoms with Gasteiger partial charge < -0.3 is 9.84 Å². The van der Waals surface area contributed by atoms with E-state index in [1.54, 1.807) is 13.3 Å². The molecule has 1 aromatic rings. The summed E-state index contributed by atoms with van der Waals surface area (Å²) in [5.74, 6) is 1.49. The second kappa shape index (κ2) is 4.61. The maximum absolute atomic E-state index is 11.6. The number of hydrogen-bond acceptors (Lipinski definition) is 3. The van der Waals surface area contributed by atoms with Gasteiger partial charge >= 0.3 is 0 Å². The van der Waals surface area contributed by atoms with Crippen molar-refractivity contribution in [2.45, 2.75) is 6.54 Å². The van der Waals surface area contributed by atoms with Gasteiger partial charge in [-0.05, 0) is 17.7 Å². The molecule has 2 heterocycles. The van der Waals surface area contributed by atoms with Gasteiger partial charge in [-0.25, -0.2) is 4.98 Å². The van der Waals surface area contributed by atoms with E-state index >= 15 is 0 Å². The third-order valence-electron chi connectivity index (χ3n) is 3.05. The number of aromatic nitrogens is 3. The minimum Gasteiger partial charge on any atom is -0.497 e. The molecular formula is C14H13N3O2. The summed E-state index contributed by atoms with van der Waals surface area (Å²) < 4.78 is 6.97. The van der Waals surface area contributed by atoms with Crippen molar-refractivity contribution >= 4 is 0 Å². The number of H-pyrrole nitrogens is 1. The van der Waals surface area contributed by atoms with Gasteiger partial charge in [0.1, 0.15) is 5.75 Å². The third kappa shape index (κ3) is 2.10. The second-order valence-corrected chi connectivity index (χ2v) is 4.25. The Morgan fingerprint density at radius 3 is 2.79 bits per heavy atom. The summed E-state index contributed by atoms with van der Waals surface area (Å²) in [7, 11) is 1.64.